The molecule has 3 rings (SSSR count). The second-order valence-corrected chi connectivity index (χ2v) is 5.56. The fourth-order valence-corrected chi connectivity index (χ4v) is 2.86. The van der Waals surface area contributed by atoms with E-state index < -0.39 is 29.3 Å². The Bertz CT molecular complexity index is 863. The van der Waals surface area contributed by atoms with Crippen molar-refractivity contribution >= 4 is 22.8 Å². The molecule has 1 aromatic heterocycles. The lowest BCUT2D eigenvalue weighted by molar-refractivity contribution is -0.139. The summed E-state index contributed by atoms with van der Waals surface area (Å²) in [7, 11) is 0. The molecule has 2 N–H and O–H groups in total. The van der Waals surface area contributed by atoms with Crippen LogP contribution in [0.25, 0.3) is 10.9 Å². The van der Waals surface area contributed by atoms with Crippen molar-refractivity contribution in [2.45, 2.75) is 12.5 Å². The van der Waals surface area contributed by atoms with Gasteiger partial charge in [-0.3, -0.25) is 14.4 Å². The molecular weight excluding hydrogens is 319 g/mol. The van der Waals surface area contributed by atoms with Crippen LogP contribution >= 0.6 is 0 Å². The normalized spacial score (nSPS) is 17.9. The summed E-state index contributed by atoms with van der Waals surface area (Å²) in [5, 5.41) is 9.40. The fraction of sp³-hybridized carbons (Fsp3) is 0.312. The monoisotopic (exact) mass is 334 g/mol. The Labute approximate surface area is 135 Å². The number of nitrogens with one attached hydrogen (secondary N) is 1. The number of aliphatic carboxylic acids is 1. The molecule has 1 fully saturated rings. The summed E-state index contributed by atoms with van der Waals surface area (Å²) in [4.78, 5) is 39.5. The first kappa shape index (κ1) is 16.1. The number of carboxylic acids is 1. The maximum absolute atomic E-state index is 13.4. The van der Waals surface area contributed by atoms with Gasteiger partial charge in [-0.05, 0) is 18.2 Å². The van der Waals surface area contributed by atoms with E-state index in [1.165, 1.54) is 17.0 Å². The smallest absolute Gasteiger partial charge is 0.305 e. The van der Waals surface area contributed by atoms with Crippen LogP contribution in [0.2, 0.25) is 0 Å². The Morgan fingerprint density at radius 3 is 2.92 bits per heavy atom. The van der Waals surface area contributed by atoms with E-state index in [9.17, 15) is 18.8 Å². The van der Waals surface area contributed by atoms with Crippen LogP contribution in [-0.4, -0.2) is 52.7 Å². The number of carbonyl (C=O) groups is 2. The maximum atomic E-state index is 13.4. The standard InChI is InChI=1S/C16H15FN2O5/c17-9-1-2-11-12(7-14(20)18-13(11)5-9)16(23)19-3-4-24-8-10(19)6-15(21)22/h1-2,5,7,10H,3-4,6,8H2,(H,18,20)(H,21,22). The van der Waals surface area contributed by atoms with E-state index in [0.29, 0.717) is 5.39 Å². The number of ether oxygens (including phenoxy) is 1. The number of benzene rings is 1. The highest BCUT2D eigenvalue weighted by atomic mass is 19.1. The highest BCUT2D eigenvalue weighted by Crippen LogP contribution is 2.21. The summed E-state index contributed by atoms with van der Waals surface area (Å²) < 4.78 is 18.6. The lowest BCUT2D eigenvalue weighted by atomic mass is 10.1. The molecule has 1 aromatic carbocycles. The average Bonchev–Trinajstić information content (AvgIpc) is 2.53. The molecule has 7 nitrogen and oxygen atoms in total. The summed E-state index contributed by atoms with van der Waals surface area (Å²) in [5.41, 5.74) is -0.195. The summed E-state index contributed by atoms with van der Waals surface area (Å²) >= 11 is 0. The Hall–Kier alpha value is -2.74. The van der Waals surface area contributed by atoms with Crippen LogP contribution < -0.4 is 5.56 Å². The number of halogens is 1. The Morgan fingerprint density at radius 2 is 2.17 bits per heavy atom. The van der Waals surface area contributed by atoms with Crippen LogP contribution in [0.5, 0.6) is 0 Å². The zero-order valence-corrected chi connectivity index (χ0v) is 12.6. The first-order valence-corrected chi connectivity index (χ1v) is 7.39. The van der Waals surface area contributed by atoms with Gasteiger partial charge in [0.05, 0.1) is 36.8 Å². The van der Waals surface area contributed by atoms with E-state index >= 15 is 0 Å². The summed E-state index contributed by atoms with van der Waals surface area (Å²) in [6.07, 6.45) is -0.249. The van der Waals surface area contributed by atoms with E-state index in [4.69, 9.17) is 9.84 Å². The maximum Gasteiger partial charge on any atom is 0.305 e. The van der Waals surface area contributed by atoms with Crippen LogP contribution in [0, 0.1) is 5.82 Å². The minimum atomic E-state index is -1.04. The minimum Gasteiger partial charge on any atom is -0.481 e. The fourth-order valence-electron chi connectivity index (χ4n) is 2.86. The number of amides is 1. The minimum absolute atomic E-state index is 0.117. The molecule has 1 aliphatic rings. The highest BCUT2D eigenvalue weighted by Gasteiger charge is 2.30. The summed E-state index contributed by atoms with van der Waals surface area (Å²) in [5.74, 6) is -2.04. The van der Waals surface area contributed by atoms with Gasteiger partial charge >= 0.3 is 5.97 Å². The molecule has 0 saturated carbocycles. The average molecular weight is 334 g/mol. The lowest BCUT2D eigenvalue weighted by Crippen LogP contribution is -2.49. The number of carbonyl (C=O) groups excluding carboxylic acids is 1. The third-order valence-corrected chi connectivity index (χ3v) is 3.93. The van der Waals surface area contributed by atoms with Gasteiger partial charge in [0.15, 0.2) is 0 Å². The van der Waals surface area contributed by atoms with Gasteiger partial charge < -0.3 is 19.7 Å². The number of fused-ring (bicyclic) bond motifs is 1. The van der Waals surface area contributed by atoms with E-state index in [2.05, 4.69) is 4.98 Å². The quantitative estimate of drug-likeness (QED) is 0.872. The first-order chi connectivity index (χ1) is 11.5. The predicted molar refractivity (Wildman–Crippen MR) is 82.4 cm³/mol. The van der Waals surface area contributed by atoms with Gasteiger partial charge in [0.1, 0.15) is 5.82 Å². The van der Waals surface area contributed by atoms with Crippen molar-refractivity contribution in [3.8, 4) is 0 Å². The zero-order valence-electron chi connectivity index (χ0n) is 12.6. The lowest BCUT2D eigenvalue weighted by Gasteiger charge is -2.35. The van der Waals surface area contributed by atoms with Crippen LogP contribution in [0.4, 0.5) is 4.39 Å². The molecule has 1 atom stereocenters. The number of aromatic amines is 1. The molecule has 2 aromatic rings. The highest BCUT2D eigenvalue weighted by molar-refractivity contribution is 6.06. The molecule has 24 heavy (non-hydrogen) atoms. The molecular formula is C16H15FN2O5. The Morgan fingerprint density at radius 1 is 1.38 bits per heavy atom. The Balaban J connectivity index is 2.04. The summed E-state index contributed by atoms with van der Waals surface area (Å²) in [6, 6.07) is 4.29. The third kappa shape index (κ3) is 3.13. The van der Waals surface area contributed by atoms with Crippen molar-refractivity contribution in [1.29, 1.82) is 0 Å². The molecule has 2 heterocycles. The van der Waals surface area contributed by atoms with E-state index in [1.807, 2.05) is 0 Å². The SMILES string of the molecule is O=C(O)CC1COCCN1C(=O)c1cc(=O)[nH]c2cc(F)ccc12. The number of hydrogen-bond acceptors (Lipinski definition) is 4. The van der Waals surface area contributed by atoms with Gasteiger partial charge in [0.25, 0.3) is 5.91 Å². The van der Waals surface area contributed by atoms with Gasteiger partial charge in [-0.2, -0.15) is 0 Å². The number of aromatic nitrogens is 1. The van der Waals surface area contributed by atoms with Gasteiger partial charge in [0.2, 0.25) is 5.56 Å². The molecule has 1 saturated heterocycles. The van der Waals surface area contributed by atoms with Crippen molar-refractivity contribution in [2.75, 3.05) is 19.8 Å². The number of rotatable bonds is 3. The number of morpholine rings is 1. The molecule has 126 valence electrons. The van der Waals surface area contributed by atoms with Crippen LogP contribution in [0.1, 0.15) is 16.8 Å². The molecule has 8 heteroatoms. The molecule has 0 spiro atoms. The van der Waals surface area contributed by atoms with Gasteiger partial charge in [-0.25, -0.2) is 4.39 Å². The van der Waals surface area contributed by atoms with Gasteiger partial charge in [0, 0.05) is 18.0 Å². The Kier molecular flexibility index (Phi) is 4.30. The van der Waals surface area contributed by atoms with Gasteiger partial charge in [-0.1, -0.05) is 0 Å². The van der Waals surface area contributed by atoms with E-state index in [-0.39, 0.29) is 37.3 Å². The first-order valence-electron chi connectivity index (χ1n) is 7.39. The van der Waals surface area contributed by atoms with Gasteiger partial charge in [-0.15, -0.1) is 0 Å². The number of carboxylic acid groups (broad SMARTS) is 1. The van der Waals surface area contributed by atoms with Crippen molar-refractivity contribution in [1.82, 2.24) is 9.88 Å². The van der Waals surface area contributed by atoms with Crippen LogP contribution in [-0.2, 0) is 9.53 Å². The third-order valence-electron chi connectivity index (χ3n) is 3.93. The van der Waals surface area contributed by atoms with Crippen molar-refractivity contribution < 1.29 is 23.8 Å². The van der Waals surface area contributed by atoms with E-state index in [0.717, 1.165) is 12.1 Å². The van der Waals surface area contributed by atoms with E-state index in [1.54, 1.807) is 0 Å². The molecule has 0 radical (unpaired) electrons. The summed E-state index contributed by atoms with van der Waals surface area (Å²) in [6.45, 7) is 0.637. The molecule has 1 amide bonds. The number of nitrogens with zero attached hydrogens (tertiary/aromatic N) is 1. The molecule has 1 unspecified atom stereocenters. The zero-order chi connectivity index (χ0) is 17.3. The second-order valence-electron chi connectivity index (χ2n) is 5.56. The molecule has 0 aliphatic carbocycles. The number of hydrogen-bond donors (Lipinski definition) is 2. The molecule has 1 aliphatic heterocycles. The molecule has 0 bridgehead atoms. The largest absolute Gasteiger partial charge is 0.481 e. The number of pyridine rings is 1. The predicted octanol–water partition coefficient (Wildman–Crippen LogP) is 0.983. The number of H-pyrrole nitrogens is 1. The van der Waals surface area contributed by atoms with Crippen molar-refractivity contribution in [2.24, 2.45) is 0 Å². The topological polar surface area (TPSA) is 99.7 Å². The second kappa shape index (κ2) is 6.40. The van der Waals surface area contributed by atoms with Crippen molar-refractivity contribution in [3.63, 3.8) is 0 Å². The van der Waals surface area contributed by atoms with Crippen LogP contribution in [0.15, 0.2) is 29.1 Å². The van der Waals surface area contributed by atoms with Crippen molar-refractivity contribution in [3.05, 3.63) is 46.0 Å². The van der Waals surface area contributed by atoms with Crippen LogP contribution in [0.3, 0.4) is 0 Å².